The Kier molecular flexibility index (Phi) is 26.0. The summed E-state index contributed by atoms with van der Waals surface area (Å²) >= 11 is 0. The number of carbonyl (C=O) groups excluding carboxylic acids is 6. The van der Waals surface area contributed by atoms with Crippen molar-refractivity contribution in [3.05, 3.63) is 110 Å². The first-order valence-electron chi connectivity index (χ1n) is 20.9. The van der Waals surface area contributed by atoms with E-state index in [1.165, 1.54) is 11.0 Å². The number of carboxylic acids is 6. The fourth-order valence-corrected chi connectivity index (χ4v) is 6.12. The first-order valence-corrected chi connectivity index (χ1v) is 20.9. The lowest BCUT2D eigenvalue weighted by molar-refractivity contribution is -0.301. The van der Waals surface area contributed by atoms with Crippen LogP contribution in [0.3, 0.4) is 0 Å². The number of likely N-dealkylation sites (N-methyl/N-ethyl adjacent to an activating group) is 2. The second-order valence-corrected chi connectivity index (χ2v) is 14.3. The smallest absolute Gasteiger partial charge is 0.206 e. The first kappa shape index (κ1) is 56.5. The zero-order valence-electron chi connectivity index (χ0n) is 37.8. The zero-order chi connectivity index (χ0) is 50.4. The van der Waals surface area contributed by atoms with Gasteiger partial charge in [0.1, 0.15) is 0 Å². The Hall–Kier alpha value is -7.66. The van der Waals surface area contributed by atoms with Gasteiger partial charge in [0.05, 0.1) is 84.3 Å². The summed E-state index contributed by atoms with van der Waals surface area (Å²) in [5, 5.41) is 56.5. The number of aliphatic carboxylic acids is 6. The van der Waals surface area contributed by atoms with Crippen LogP contribution in [0.4, 0.5) is 11.9 Å². The second-order valence-electron chi connectivity index (χ2n) is 14.3. The van der Waals surface area contributed by atoms with Gasteiger partial charge in [0.2, 0.25) is 11.9 Å². The van der Waals surface area contributed by atoms with Crippen LogP contribution < -0.4 is 40.4 Å². The molecule has 0 atom stereocenters. The van der Waals surface area contributed by atoms with E-state index >= 15 is 0 Å². The Morgan fingerprint density at radius 2 is 0.779 bits per heavy atom. The van der Waals surface area contributed by atoms with Crippen molar-refractivity contribution in [3.63, 3.8) is 0 Å². The highest BCUT2D eigenvalue weighted by atomic mass is 16.5. The molecule has 368 valence electrons. The third kappa shape index (κ3) is 22.0. The number of carbonyl (C=O) groups is 6. The molecule has 0 radical (unpaired) electrons. The lowest BCUT2D eigenvalue weighted by atomic mass is 10.3. The molecule has 22 nitrogen and oxygen atoms in total. The van der Waals surface area contributed by atoms with Crippen LogP contribution >= 0.6 is 0 Å². The van der Waals surface area contributed by atoms with Crippen LogP contribution in [0.25, 0.3) is 22.1 Å². The van der Waals surface area contributed by atoms with E-state index in [1.807, 2.05) is 12.1 Å². The molecule has 22 heteroatoms. The third-order valence-corrected chi connectivity index (χ3v) is 9.30. The summed E-state index contributed by atoms with van der Waals surface area (Å²) < 4.78 is 15.7. The Balaban J connectivity index is 0.000000320. The Bertz CT molecular complexity index is 2120. The fraction of sp³-hybridized carbons (Fsp3) is 0.348. The third-order valence-electron chi connectivity index (χ3n) is 9.30. The van der Waals surface area contributed by atoms with E-state index in [9.17, 15) is 59.4 Å². The van der Waals surface area contributed by atoms with Crippen LogP contribution in [-0.4, -0.2) is 158 Å². The second kappa shape index (κ2) is 31.3. The molecule has 0 amide bonds. The van der Waals surface area contributed by atoms with Crippen LogP contribution in [0.15, 0.2) is 110 Å². The zero-order valence-corrected chi connectivity index (χ0v) is 37.8. The van der Waals surface area contributed by atoms with Crippen LogP contribution in [0.1, 0.15) is 0 Å². The van der Waals surface area contributed by atoms with Crippen molar-refractivity contribution in [1.29, 1.82) is 0 Å². The largest absolute Gasteiger partial charge is 0.545 e. The van der Waals surface area contributed by atoms with Crippen molar-refractivity contribution in [2.24, 2.45) is 0 Å². The number of ether oxygens (including phenoxy) is 2. The van der Waals surface area contributed by atoms with Crippen LogP contribution in [0.5, 0.6) is 0 Å². The number of aromatic nitrogens is 4. The molecule has 68 heavy (non-hydrogen) atoms. The number of benzene rings is 2. The maximum atomic E-state index is 9.41. The van der Waals surface area contributed by atoms with E-state index in [4.69, 9.17) is 19.4 Å². The van der Waals surface area contributed by atoms with Gasteiger partial charge in [0.25, 0.3) is 0 Å². The highest BCUT2D eigenvalue weighted by Gasteiger charge is 2.22. The van der Waals surface area contributed by atoms with Crippen LogP contribution in [0.2, 0.25) is 0 Å². The molecule has 6 rings (SSSR count). The summed E-state index contributed by atoms with van der Waals surface area (Å²) in [5.41, 5.74) is 4.47. The van der Waals surface area contributed by atoms with Gasteiger partial charge in [0, 0.05) is 65.4 Å². The summed E-state index contributed by atoms with van der Waals surface area (Å²) in [6.07, 6.45) is 5.88. The molecule has 2 aromatic heterocycles. The fourth-order valence-electron chi connectivity index (χ4n) is 6.12. The molecule has 2 saturated heterocycles. The first-order chi connectivity index (χ1) is 32.5. The number of hydrogen-bond donors (Lipinski definition) is 0. The van der Waals surface area contributed by atoms with Crippen molar-refractivity contribution in [2.45, 2.75) is 13.1 Å². The predicted molar refractivity (Wildman–Crippen MR) is 238 cm³/mol. The average molecular weight is 943 g/mol. The molecule has 2 aliphatic rings. The molecule has 0 unspecified atom stereocenters. The van der Waals surface area contributed by atoms with Gasteiger partial charge in [-0.05, 0) is 74.8 Å². The topological polar surface area (TPSA) is 308 Å². The molecule has 2 aliphatic heterocycles. The van der Waals surface area contributed by atoms with Gasteiger partial charge in [-0.25, -0.2) is 9.97 Å². The van der Waals surface area contributed by atoms with E-state index in [0.29, 0.717) is 62.9 Å². The van der Waals surface area contributed by atoms with Gasteiger partial charge in [0.15, 0.2) is 0 Å². The minimum absolute atomic E-state index is 0.384. The molecule has 0 aliphatic carbocycles. The highest BCUT2D eigenvalue weighted by molar-refractivity contribution is 5.89. The van der Waals surface area contributed by atoms with Crippen molar-refractivity contribution in [3.8, 4) is 0 Å². The van der Waals surface area contributed by atoms with Gasteiger partial charge >= 0.3 is 0 Å². The summed E-state index contributed by atoms with van der Waals surface area (Å²) in [6.45, 7) is 19.9. The predicted octanol–water partition coefficient (Wildman–Crippen LogP) is -4.89. The lowest BCUT2D eigenvalue weighted by Gasteiger charge is -2.33. The van der Waals surface area contributed by atoms with Gasteiger partial charge < -0.3 is 97.6 Å². The molecule has 2 fully saturated rings. The molecule has 4 aromatic rings. The number of para-hydroxylation sites is 4. The van der Waals surface area contributed by atoms with Crippen LogP contribution in [-0.2, 0) is 51.3 Å². The number of anilines is 2. The van der Waals surface area contributed by atoms with Crippen molar-refractivity contribution in [1.82, 2.24) is 28.9 Å². The summed E-state index contributed by atoms with van der Waals surface area (Å²) in [4.78, 5) is 75.7. The Labute approximate surface area is 392 Å². The minimum Gasteiger partial charge on any atom is -0.545 e. The van der Waals surface area contributed by atoms with Gasteiger partial charge in [-0.15, -0.1) is 13.2 Å². The molecular weight excluding hydrogens is 889 g/mol. The molecule has 2 aromatic carbocycles. The molecule has 4 heterocycles. The number of hydrogen-bond acceptors (Lipinski definition) is 20. The average Bonchev–Trinajstić information content (AvgIpc) is 3.87. The van der Waals surface area contributed by atoms with Crippen LogP contribution in [0, 0.1) is 0 Å². The van der Waals surface area contributed by atoms with Crippen molar-refractivity contribution >= 4 is 69.8 Å². The van der Waals surface area contributed by atoms with Gasteiger partial charge in [-0.3, -0.25) is 0 Å². The maximum Gasteiger partial charge on any atom is 0.206 e. The monoisotopic (exact) mass is 942 g/mol. The number of rotatable bonds is 18. The standard InChI is InChI=1S/2C17H24N4O.3C4H4O4/c2*1-3-13-22-14-12-21-16-7-5-4-6-15(16)18-17(21)20-10-8-19(2)9-11-20;3*5-3(6)1-2-4(7)8/h2*3-7H,1,8-14H2,2H3;3*1-2H,(H,5,6)(H,7,8)/p-6/b;;3*2-1+. The van der Waals surface area contributed by atoms with E-state index in [2.05, 4.69) is 92.4 Å². The summed E-state index contributed by atoms with van der Waals surface area (Å²) in [7, 11) is 4.34. The van der Waals surface area contributed by atoms with Gasteiger partial charge in [-0.1, -0.05) is 36.4 Å². The summed E-state index contributed by atoms with van der Waals surface area (Å²) in [5.74, 6) is -7.15. The van der Waals surface area contributed by atoms with Gasteiger partial charge in [-0.2, -0.15) is 0 Å². The number of imidazole rings is 2. The number of nitrogens with zero attached hydrogens (tertiary/aromatic N) is 8. The molecule has 0 spiro atoms. The molecular formula is C46H54N8O14-6. The number of piperazine rings is 2. The van der Waals surface area contributed by atoms with E-state index in [-0.39, 0.29) is 0 Å². The molecule has 0 N–H and O–H groups in total. The molecule has 0 bridgehead atoms. The minimum atomic E-state index is -1.55. The Morgan fingerprint density at radius 1 is 0.500 bits per heavy atom. The van der Waals surface area contributed by atoms with Crippen molar-refractivity contribution < 1.29 is 68.9 Å². The number of carboxylic acid groups (broad SMARTS) is 6. The normalized spacial score (nSPS) is 13.9. The quantitative estimate of drug-likeness (QED) is 0.0513. The SMILES string of the molecule is C=CCOCCn1c(N2CCN(C)CC2)nc2ccccc21.C=CCOCCn1c(N2CCN(C)CC2)nc2ccccc21.O=C([O-])/C=C/C(=O)[O-].O=C([O-])/C=C/C(=O)[O-].O=C([O-])/C=C/C(=O)[O-]. The maximum absolute atomic E-state index is 9.41. The lowest BCUT2D eigenvalue weighted by Crippen LogP contribution is -2.45. The highest BCUT2D eigenvalue weighted by Crippen LogP contribution is 2.25. The summed E-state index contributed by atoms with van der Waals surface area (Å²) in [6, 6.07) is 16.7. The molecule has 0 saturated carbocycles. The van der Waals surface area contributed by atoms with E-state index in [1.54, 1.807) is 12.2 Å². The van der Waals surface area contributed by atoms with E-state index < -0.39 is 35.8 Å². The van der Waals surface area contributed by atoms with E-state index in [0.717, 1.165) is 88.4 Å². The number of fused-ring (bicyclic) bond motifs is 2. The van der Waals surface area contributed by atoms with Crippen molar-refractivity contribution in [2.75, 3.05) is 103 Å². The Morgan fingerprint density at radius 3 is 1.04 bits per heavy atom.